The summed E-state index contributed by atoms with van der Waals surface area (Å²) in [6.45, 7) is 7.54. The highest BCUT2D eigenvalue weighted by Crippen LogP contribution is 2.17. The van der Waals surface area contributed by atoms with Gasteiger partial charge in [0.2, 0.25) is 0 Å². The second kappa shape index (κ2) is 7.85. The molecule has 0 aromatic heterocycles. The van der Waals surface area contributed by atoms with Crippen molar-refractivity contribution in [1.29, 1.82) is 0 Å². The predicted molar refractivity (Wildman–Crippen MR) is 84.9 cm³/mol. The largest absolute Gasteiger partial charge is 0.483 e. The van der Waals surface area contributed by atoms with E-state index in [4.69, 9.17) is 22.7 Å². The Balaban J connectivity index is 2.67. The van der Waals surface area contributed by atoms with Gasteiger partial charge in [0.1, 0.15) is 10.7 Å². The molecule has 1 rings (SSSR count). The summed E-state index contributed by atoms with van der Waals surface area (Å²) in [7, 11) is 0. The number of carbonyl (C=O) groups excluding carboxylic acids is 1. The topological polar surface area (TPSA) is 55.6 Å². The minimum absolute atomic E-state index is 0.000185. The lowest BCUT2D eigenvalue weighted by Gasteiger charge is -2.23. The van der Waals surface area contributed by atoms with Crippen molar-refractivity contribution in [2.24, 2.45) is 11.7 Å². The summed E-state index contributed by atoms with van der Waals surface area (Å²) < 4.78 is 5.57. The fraction of sp³-hybridized carbons (Fsp3) is 0.467. The van der Waals surface area contributed by atoms with Crippen molar-refractivity contribution in [3.8, 4) is 5.75 Å². The lowest BCUT2D eigenvalue weighted by atomic mass is 10.2. The van der Waals surface area contributed by atoms with E-state index in [-0.39, 0.29) is 17.5 Å². The van der Waals surface area contributed by atoms with E-state index in [1.54, 1.807) is 17.0 Å². The Morgan fingerprint density at radius 2 is 2.05 bits per heavy atom. The zero-order valence-corrected chi connectivity index (χ0v) is 13.1. The van der Waals surface area contributed by atoms with Crippen molar-refractivity contribution in [3.63, 3.8) is 0 Å². The second-order valence-corrected chi connectivity index (χ2v) is 5.42. The number of rotatable bonds is 7. The van der Waals surface area contributed by atoms with E-state index in [1.165, 1.54) is 0 Å². The number of amides is 1. The van der Waals surface area contributed by atoms with Gasteiger partial charge < -0.3 is 15.4 Å². The van der Waals surface area contributed by atoms with Crippen LogP contribution in [0.4, 0.5) is 0 Å². The number of likely N-dealkylation sites (N-methyl/N-ethyl adjacent to an activating group) is 1. The molecule has 0 spiro atoms. The van der Waals surface area contributed by atoms with Crippen LogP contribution in [0.2, 0.25) is 0 Å². The maximum absolute atomic E-state index is 12.1. The van der Waals surface area contributed by atoms with Crippen LogP contribution in [-0.4, -0.2) is 35.5 Å². The molecule has 0 aliphatic carbocycles. The molecule has 0 bridgehead atoms. The van der Waals surface area contributed by atoms with E-state index in [1.807, 2.05) is 19.1 Å². The molecule has 1 aromatic carbocycles. The van der Waals surface area contributed by atoms with E-state index in [0.717, 1.165) is 6.54 Å². The molecule has 0 atom stereocenters. The van der Waals surface area contributed by atoms with Crippen LogP contribution in [0.1, 0.15) is 26.3 Å². The summed E-state index contributed by atoms with van der Waals surface area (Å²) in [4.78, 5) is 14.2. The van der Waals surface area contributed by atoms with Gasteiger partial charge >= 0.3 is 0 Å². The normalized spacial score (nSPS) is 10.4. The number of thiocarbonyl (C=S) groups is 1. The van der Waals surface area contributed by atoms with Gasteiger partial charge in [0.15, 0.2) is 6.61 Å². The molecule has 0 aliphatic heterocycles. The molecule has 1 aromatic rings. The van der Waals surface area contributed by atoms with Crippen molar-refractivity contribution in [2.45, 2.75) is 20.8 Å². The number of benzene rings is 1. The summed E-state index contributed by atoms with van der Waals surface area (Å²) in [5, 5.41) is 0. The lowest BCUT2D eigenvalue weighted by molar-refractivity contribution is -0.133. The van der Waals surface area contributed by atoms with Gasteiger partial charge in [-0.15, -0.1) is 0 Å². The molecule has 0 heterocycles. The van der Waals surface area contributed by atoms with Crippen molar-refractivity contribution in [3.05, 3.63) is 29.8 Å². The first-order valence-electron chi connectivity index (χ1n) is 6.75. The molecule has 0 radical (unpaired) electrons. The minimum Gasteiger partial charge on any atom is -0.483 e. The summed E-state index contributed by atoms with van der Waals surface area (Å²) in [5.41, 5.74) is 6.28. The van der Waals surface area contributed by atoms with Crippen molar-refractivity contribution in [1.82, 2.24) is 4.90 Å². The third-order valence-corrected chi connectivity index (χ3v) is 3.04. The molecule has 0 saturated heterocycles. The number of nitrogens with two attached hydrogens (primary N) is 1. The quantitative estimate of drug-likeness (QED) is 0.783. The van der Waals surface area contributed by atoms with Gasteiger partial charge in [-0.2, -0.15) is 0 Å². The molecular formula is C15H22N2O2S. The number of hydrogen-bond acceptors (Lipinski definition) is 3. The van der Waals surface area contributed by atoms with Crippen LogP contribution in [0, 0.1) is 5.92 Å². The zero-order chi connectivity index (χ0) is 15.1. The van der Waals surface area contributed by atoms with Crippen molar-refractivity contribution >= 4 is 23.1 Å². The van der Waals surface area contributed by atoms with E-state index < -0.39 is 0 Å². The molecule has 0 fully saturated rings. The first-order chi connectivity index (χ1) is 9.45. The number of ether oxygens (including phenoxy) is 1. The van der Waals surface area contributed by atoms with Crippen LogP contribution >= 0.6 is 12.2 Å². The number of para-hydroxylation sites is 1. The van der Waals surface area contributed by atoms with Crippen LogP contribution in [0.25, 0.3) is 0 Å². The van der Waals surface area contributed by atoms with Crippen LogP contribution in [0.3, 0.4) is 0 Å². The molecule has 0 saturated carbocycles. The molecule has 2 N–H and O–H groups in total. The standard InChI is InChI=1S/C15H22N2O2S/c1-4-17(9-11(2)3)14(18)10-19-13-8-6-5-7-12(13)15(16)20/h5-8,11H,4,9-10H2,1-3H3,(H2,16,20). The average Bonchev–Trinajstić information content (AvgIpc) is 2.42. The van der Waals surface area contributed by atoms with Crippen LogP contribution in [0.5, 0.6) is 5.75 Å². The van der Waals surface area contributed by atoms with E-state index >= 15 is 0 Å². The summed E-state index contributed by atoms with van der Waals surface area (Å²) in [5.74, 6) is 0.954. The van der Waals surface area contributed by atoms with E-state index in [0.29, 0.717) is 23.8 Å². The molecule has 1 amide bonds. The number of carbonyl (C=O) groups is 1. The maximum Gasteiger partial charge on any atom is 0.260 e. The van der Waals surface area contributed by atoms with E-state index in [9.17, 15) is 4.79 Å². The SMILES string of the molecule is CCN(CC(C)C)C(=O)COc1ccccc1C(N)=S. The smallest absolute Gasteiger partial charge is 0.260 e. The monoisotopic (exact) mass is 294 g/mol. The highest BCUT2D eigenvalue weighted by molar-refractivity contribution is 7.80. The number of nitrogens with zero attached hydrogens (tertiary/aromatic N) is 1. The molecule has 110 valence electrons. The molecule has 0 aliphatic rings. The average molecular weight is 294 g/mol. The summed E-state index contributed by atoms with van der Waals surface area (Å²) in [6.07, 6.45) is 0. The van der Waals surface area contributed by atoms with E-state index in [2.05, 4.69) is 13.8 Å². The molecule has 0 unspecified atom stereocenters. The van der Waals surface area contributed by atoms with Gasteiger partial charge in [0.25, 0.3) is 5.91 Å². The first-order valence-corrected chi connectivity index (χ1v) is 7.15. The molecule has 20 heavy (non-hydrogen) atoms. The third-order valence-electron chi connectivity index (χ3n) is 2.82. The maximum atomic E-state index is 12.1. The van der Waals surface area contributed by atoms with Gasteiger partial charge in [-0.3, -0.25) is 4.79 Å². The highest BCUT2D eigenvalue weighted by atomic mass is 32.1. The fourth-order valence-electron chi connectivity index (χ4n) is 1.87. The Labute approximate surface area is 125 Å². The fourth-order valence-corrected chi connectivity index (χ4v) is 2.04. The van der Waals surface area contributed by atoms with Gasteiger partial charge in [0, 0.05) is 13.1 Å². The summed E-state index contributed by atoms with van der Waals surface area (Å²) in [6, 6.07) is 7.21. The lowest BCUT2D eigenvalue weighted by Crippen LogP contribution is -2.37. The zero-order valence-electron chi connectivity index (χ0n) is 12.3. The van der Waals surface area contributed by atoms with Crippen LogP contribution in [0.15, 0.2) is 24.3 Å². The highest BCUT2D eigenvalue weighted by Gasteiger charge is 2.14. The Morgan fingerprint density at radius 1 is 1.40 bits per heavy atom. The number of hydrogen-bond donors (Lipinski definition) is 1. The Morgan fingerprint density at radius 3 is 2.60 bits per heavy atom. The van der Waals surface area contributed by atoms with Crippen molar-refractivity contribution in [2.75, 3.05) is 19.7 Å². The second-order valence-electron chi connectivity index (χ2n) is 4.98. The minimum atomic E-state index is -0.0288. The Kier molecular flexibility index (Phi) is 6.45. The van der Waals surface area contributed by atoms with Gasteiger partial charge in [-0.05, 0) is 25.0 Å². The summed E-state index contributed by atoms with van der Waals surface area (Å²) >= 11 is 4.96. The van der Waals surface area contributed by atoms with Crippen LogP contribution in [-0.2, 0) is 4.79 Å². The first kappa shape index (κ1) is 16.4. The van der Waals surface area contributed by atoms with Gasteiger partial charge in [0.05, 0.1) is 5.56 Å². The molecular weight excluding hydrogens is 272 g/mol. The third kappa shape index (κ3) is 4.81. The van der Waals surface area contributed by atoms with Gasteiger partial charge in [-0.1, -0.05) is 38.2 Å². The molecule has 5 heteroatoms. The predicted octanol–water partition coefficient (Wildman–Crippen LogP) is 2.20. The Bertz CT molecular complexity index is 475. The van der Waals surface area contributed by atoms with Crippen molar-refractivity contribution < 1.29 is 9.53 Å². The van der Waals surface area contributed by atoms with Gasteiger partial charge in [-0.25, -0.2) is 0 Å². The molecule has 4 nitrogen and oxygen atoms in total. The Hall–Kier alpha value is -1.62. The van der Waals surface area contributed by atoms with Crippen LogP contribution < -0.4 is 10.5 Å².